The van der Waals surface area contributed by atoms with Crippen molar-refractivity contribution in [3.05, 3.63) is 40.4 Å². The molecule has 19 heavy (non-hydrogen) atoms. The SMILES string of the molecule is C=CCc1cc(Br)cc(C(C)C)c1OCC(=O)NN. The van der Waals surface area contributed by atoms with Crippen LogP contribution in [0, 0.1) is 0 Å². The van der Waals surface area contributed by atoms with Crippen molar-refractivity contribution in [2.75, 3.05) is 6.61 Å². The average Bonchev–Trinajstić information content (AvgIpc) is 2.36. The summed E-state index contributed by atoms with van der Waals surface area (Å²) in [4.78, 5) is 11.2. The summed E-state index contributed by atoms with van der Waals surface area (Å²) >= 11 is 3.49. The minimum atomic E-state index is -0.359. The van der Waals surface area contributed by atoms with Crippen LogP contribution in [-0.2, 0) is 11.2 Å². The van der Waals surface area contributed by atoms with Crippen molar-refractivity contribution in [3.63, 3.8) is 0 Å². The number of benzene rings is 1. The molecule has 1 rings (SSSR count). The van der Waals surface area contributed by atoms with Gasteiger partial charge in [0.15, 0.2) is 6.61 Å². The summed E-state index contributed by atoms with van der Waals surface area (Å²) in [5.74, 6) is 5.72. The van der Waals surface area contributed by atoms with Gasteiger partial charge in [-0.3, -0.25) is 10.2 Å². The van der Waals surface area contributed by atoms with Gasteiger partial charge in [-0.15, -0.1) is 6.58 Å². The van der Waals surface area contributed by atoms with E-state index in [0.29, 0.717) is 6.42 Å². The molecule has 0 aliphatic rings. The van der Waals surface area contributed by atoms with Crippen molar-refractivity contribution >= 4 is 21.8 Å². The van der Waals surface area contributed by atoms with Gasteiger partial charge in [0.2, 0.25) is 0 Å². The molecular formula is C14H19BrN2O2. The van der Waals surface area contributed by atoms with Gasteiger partial charge in [-0.2, -0.15) is 0 Å². The molecule has 5 heteroatoms. The maximum atomic E-state index is 11.2. The van der Waals surface area contributed by atoms with Crippen LogP contribution in [0.1, 0.15) is 30.9 Å². The van der Waals surface area contributed by atoms with Crippen molar-refractivity contribution in [1.29, 1.82) is 0 Å². The van der Waals surface area contributed by atoms with Crippen LogP contribution in [0.3, 0.4) is 0 Å². The lowest BCUT2D eigenvalue weighted by atomic mass is 9.98. The summed E-state index contributed by atoms with van der Waals surface area (Å²) in [6.07, 6.45) is 2.49. The zero-order valence-electron chi connectivity index (χ0n) is 11.2. The van der Waals surface area contributed by atoms with Crippen LogP contribution in [0.15, 0.2) is 29.3 Å². The predicted octanol–water partition coefficient (Wildman–Crippen LogP) is 2.67. The molecule has 0 spiro atoms. The van der Waals surface area contributed by atoms with Crippen molar-refractivity contribution in [3.8, 4) is 5.75 Å². The second-order valence-electron chi connectivity index (χ2n) is 4.49. The van der Waals surface area contributed by atoms with E-state index in [1.54, 1.807) is 0 Å². The molecule has 0 unspecified atom stereocenters. The van der Waals surface area contributed by atoms with E-state index in [9.17, 15) is 4.79 Å². The lowest BCUT2D eigenvalue weighted by molar-refractivity contribution is -0.123. The fraction of sp³-hybridized carbons (Fsp3) is 0.357. The summed E-state index contributed by atoms with van der Waals surface area (Å²) in [5.41, 5.74) is 4.10. The number of hydrogen-bond donors (Lipinski definition) is 2. The lowest BCUT2D eigenvalue weighted by Gasteiger charge is -2.18. The summed E-state index contributed by atoms with van der Waals surface area (Å²) in [6.45, 7) is 7.80. The summed E-state index contributed by atoms with van der Waals surface area (Å²) in [5, 5.41) is 0. The summed E-state index contributed by atoms with van der Waals surface area (Å²) in [6, 6.07) is 3.98. The van der Waals surface area contributed by atoms with Crippen LogP contribution in [0.5, 0.6) is 5.75 Å². The first kappa shape index (κ1) is 15.7. The first-order chi connectivity index (χ1) is 8.99. The Bertz CT molecular complexity index is 473. The Labute approximate surface area is 122 Å². The molecule has 0 saturated carbocycles. The number of carbonyl (C=O) groups is 1. The highest BCUT2D eigenvalue weighted by molar-refractivity contribution is 9.10. The highest BCUT2D eigenvalue weighted by Crippen LogP contribution is 2.34. The normalized spacial score (nSPS) is 10.4. The minimum Gasteiger partial charge on any atom is -0.483 e. The third kappa shape index (κ3) is 4.36. The first-order valence-corrected chi connectivity index (χ1v) is 6.84. The van der Waals surface area contributed by atoms with Gasteiger partial charge in [-0.1, -0.05) is 35.9 Å². The van der Waals surface area contributed by atoms with E-state index < -0.39 is 0 Å². The second kappa shape index (κ2) is 7.31. The number of carbonyl (C=O) groups excluding carboxylic acids is 1. The van der Waals surface area contributed by atoms with Crippen LogP contribution in [0.2, 0.25) is 0 Å². The molecule has 1 amide bonds. The van der Waals surface area contributed by atoms with Gasteiger partial charge in [-0.25, -0.2) is 5.84 Å². The minimum absolute atomic E-state index is 0.0952. The van der Waals surface area contributed by atoms with Gasteiger partial charge in [0.25, 0.3) is 5.91 Å². The standard InChI is InChI=1S/C14H19BrN2O2/c1-4-5-10-6-11(15)7-12(9(2)3)14(10)19-8-13(18)17-16/h4,6-7,9H,1,5,8,16H2,2-3H3,(H,17,18). The number of rotatable bonds is 6. The molecule has 0 aromatic heterocycles. The molecule has 0 aliphatic carbocycles. The fourth-order valence-electron chi connectivity index (χ4n) is 1.76. The lowest BCUT2D eigenvalue weighted by Crippen LogP contribution is -2.34. The Morgan fingerprint density at radius 2 is 2.26 bits per heavy atom. The average molecular weight is 327 g/mol. The largest absolute Gasteiger partial charge is 0.483 e. The van der Waals surface area contributed by atoms with E-state index in [1.807, 2.05) is 18.2 Å². The van der Waals surface area contributed by atoms with Crippen LogP contribution in [0.25, 0.3) is 0 Å². The first-order valence-electron chi connectivity index (χ1n) is 6.05. The molecule has 4 nitrogen and oxygen atoms in total. The predicted molar refractivity (Wildman–Crippen MR) is 80.0 cm³/mol. The third-order valence-electron chi connectivity index (χ3n) is 2.65. The molecule has 0 atom stereocenters. The van der Waals surface area contributed by atoms with Gasteiger partial charge in [0, 0.05) is 4.47 Å². The van der Waals surface area contributed by atoms with Crippen molar-refractivity contribution in [1.82, 2.24) is 5.43 Å². The highest BCUT2D eigenvalue weighted by Gasteiger charge is 2.15. The van der Waals surface area contributed by atoms with Crippen LogP contribution >= 0.6 is 15.9 Å². The molecule has 0 fully saturated rings. The molecule has 1 aromatic rings. The van der Waals surface area contributed by atoms with Crippen molar-refractivity contribution in [2.24, 2.45) is 5.84 Å². The van der Waals surface area contributed by atoms with Crippen LogP contribution in [0.4, 0.5) is 0 Å². The van der Waals surface area contributed by atoms with E-state index in [2.05, 4.69) is 41.8 Å². The fourth-order valence-corrected chi connectivity index (χ4v) is 2.29. The molecular weight excluding hydrogens is 308 g/mol. The molecule has 0 radical (unpaired) electrons. The zero-order chi connectivity index (χ0) is 14.4. The van der Waals surface area contributed by atoms with E-state index >= 15 is 0 Å². The number of allylic oxidation sites excluding steroid dienone is 1. The van der Waals surface area contributed by atoms with Gasteiger partial charge in [0.05, 0.1) is 0 Å². The topological polar surface area (TPSA) is 64.3 Å². The summed E-state index contributed by atoms with van der Waals surface area (Å²) in [7, 11) is 0. The maximum Gasteiger partial charge on any atom is 0.271 e. The molecule has 0 saturated heterocycles. The smallest absolute Gasteiger partial charge is 0.271 e. The Morgan fingerprint density at radius 1 is 1.58 bits per heavy atom. The Morgan fingerprint density at radius 3 is 2.79 bits per heavy atom. The Kier molecular flexibility index (Phi) is 6.05. The molecule has 0 heterocycles. The number of ether oxygens (including phenoxy) is 1. The number of hydrazine groups is 1. The zero-order valence-corrected chi connectivity index (χ0v) is 12.8. The molecule has 104 valence electrons. The Hall–Kier alpha value is -1.33. The van der Waals surface area contributed by atoms with Crippen LogP contribution in [-0.4, -0.2) is 12.5 Å². The van der Waals surface area contributed by atoms with Crippen molar-refractivity contribution < 1.29 is 9.53 Å². The molecule has 1 aromatic carbocycles. The maximum absolute atomic E-state index is 11.2. The number of halogens is 1. The monoisotopic (exact) mass is 326 g/mol. The third-order valence-corrected chi connectivity index (χ3v) is 3.11. The summed E-state index contributed by atoms with van der Waals surface area (Å²) < 4.78 is 6.62. The highest BCUT2D eigenvalue weighted by atomic mass is 79.9. The quantitative estimate of drug-likeness (QED) is 0.365. The number of hydrogen-bond acceptors (Lipinski definition) is 3. The van der Waals surface area contributed by atoms with Gasteiger partial charge in [-0.05, 0) is 35.6 Å². The number of nitrogens with two attached hydrogens (primary N) is 1. The van der Waals surface area contributed by atoms with Gasteiger partial charge < -0.3 is 4.74 Å². The number of nitrogens with one attached hydrogen (secondary N) is 1. The Balaban J connectivity index is 3.14. The van der Waals surface area contributed by atoms with E-state index in [4.69, 9.17) is 10.6 Å². The van der Waals surface area contributed by atoms with Crippen LogP contribution < -0.4 is 16.0 Å². The second-order valence-corrected chi connectivity index (χ2v) is 5.40. The van der Waals surface area contributed by atoms with E-state index in [-0.39, 0.29) is 18.4 Å². The van der Waals surface area contributed by atoms with Crippen molar-refractivity contribution in [2.45, 2.75) is 26.2 Å². The van der Waals surface area contributed by atoms with E-state index in [1.165, 1.54) is 0 Å². The van der Waals surface area contributed by atoms with Gasteiger partial charge >= 0.3 is 0 Å². The number of amides is 1. The van der Waals surface area contributed by atoms with Gasteiger partial charge in [0.1, 0.15) is 5.75 Å². The van der Waals surface area contributed by atoms with E-state index in [0.717, 1.165) is 21.3 Å². The molecule has 0 aliphatic heterocycles. The molecule has 0 bridgehead atoms. The molecule has 3 N–H and O–H groups in total.